The van der Waals surface area contributed by atoms with E-state index in [1.165, 1.54) is 6.42 Å². The number of benzene rings is 1. The Morgan fingerprint density at radius 3 is 2.83 bits per heavy atom. The SMILES string of the molecule is CC1CN(C)CCCN1c1ccc(CN)cc1Cl. The molecule has 0 aliphatic carbocycles. The van der Waals surface area contributed by atoms with Crippen LogP contribution in [0, 0.1) is 0 Å². The molecular weight excluding hydrogens is 246 g/mol. The van der Waals surface area contributed by atoms with Crippen molar-refractivity contribution in [1.29, 1.82) is 0 Å². The Kier molecular flexibility index (Phi) is 4.49. The van der Waals surface area contributed by atoms with Crippen LogP contribution in [0.25, 0.3) is 0 Å². The summed E-state index contributed by atoms with van der Waals surface area (Å²) >= 11 is 6.39. The number of likely N-dealkylation sites (N-methyl/N-ethyl adjacent to an activating group) is 1. The van der Waals surface area contributed by atoms with Crippen LogP contribution < -0.4 is 10.6 Å². The van der Waals surface area contributed by atoms with Crippen LogP contribution in [0.15, 0.2) is 18.2 Å². The highest BCUT2D eigenvalue weighted by Gasteiger charge is 2.21. The van der Waals surface area contributed by atoms with E-state index in [4.69, 9.17) is 17.3 Å². The van der Waals surface area contributed by atoms with Crippen LogP contribution in [0.5, 0.6) is 0 Å². The van der Waals surface area contributed by atoms with Gasteiger partial charge in [0.15, 0.2) is 0 Å². The third-order valence-corrected chi connectivity index (χ3v) is 3.91. The maximum Gasteiger partial charge on any atom is 0.0642 e. The molecule has 1 unspecified atom stereocenters. The summed E-state index contributed by atoms with van der Waals surface area (Å²) in [6.07, 6.45) is 1.18. The van der Waals surface area contributed by atoms with Crippen molar-refractivity contribution in [3.63, 3.8) is 0 Å². The van der Waals surface area contributed by atoms with Crippen molar-refractivity contribution in [1.82, 2.24) is 4.90 Å². The maximum absolute atomic E-state index is 6.39. The summed E-state index contributed by atoms with van der Waals surface area (Å²) in [7, 11) is 2.18. The molecule has 0 saturated carbocycles. The standard InChI is InChI=1S/C14H22ClN3/c1-11-10-17(2)6-3-7-18(11)14-5-4-12(9-16)8-13(14)15/h4-5,8,11H,3,6-7,9-10,16H2,1-2H3. The number of nitrogens with two attached hydrogens (primary N) is 1. The first kappa shape index (κ1) is 13.7. The highest BCUT2D eigenvalue weighted by molar-refractivity contribution is 6.33. The maximum atomic E-state index is 6.39. The topological polar surface area (TPSA) is 32.5 Å². The Labute approximate surface area is 115 Å². The van der Waals surface area contributed by atoms with Gasteiger partial charge in [0, 0.05) is 25.7 Å². The molecule has 1 aromatic carbocycles. The smallest absolute Gasteiger partial charge is 0.0642 e. The van der Waals surface area contributed by atoms with E-state index >= 15 is 0 Å². The second-order valence-electron chi connectivity index (χ2n) is 5.15. The Balaban J connectivity index is 2.24. The Hall–Kier alpha value is -0.770. The third-order valence-electron chi connectivity index (χ3n) is 3.60. The molecule has 4 heteroatoms. The van der Waals surface area contributed by atoms with Gasteiger partial charge < -0.3 is 15.5 Å². The molecule has 0 spiro atoms. The van der Waals surface area contributed by atoms with E-state index < -0.39 is 0 Å². The van der Waals surface area contributed by atoms with Crippen LogP contribution in [0.1, 0.15) is 18.9 Å². The van der Waals surface area contributed by atoms with Crippen LogP contribution in [0.4, 0.5) is 5.69 Å². The predicted molar refractivity (Wildman–Crippen MR) is 78.3 cm³/mol. The molecule has 0 aromatic heterocycles. The van der Waals surface area contributed by atoms with Crippen LogP contribution >= 0.6 is 11.6 Å². The van der Waals surface area contributed by atoms with Gasteiger partial charge in [-0.25, -0.2) is 0 Å². The number of halogens is 1. The molecule has 2 N–H and O–H groups in total. The number of rotatable bonds is 2. The molecule has 2 rings (SSSR count). The fourth-order valence-electron chi connectivity index (χ4n) is 2.64. The number of hydrogen-bond acceptors (Lipinski definition) is 3. The van der Waals surface area contributed by atoms with Gasteiger partial charge in [0.05, 0.1) is 10.7 Å². The zero-order valence-corrected chi connectivity index (χ0v) is 12.0. The van der Waals surface area contributed by atoms with Gasteiger partial charge in [0.25, 0.3) is 0 Å². The molecule has 1 saturated heterocycles. The van der Waals surface area contributed by atoms with E-state index in [9.17, 15) is 0 Å². The minimum Gasteiger partial charge on any atom is -0.366 e. The van der Waals surface area contributed by atoms with Gasteiger partial charge in [-0.05, 0) is 44.6 Å². The molecule has 1 atom stereocenters. The van der Waals surface area contributed by atoms with E-state index in [2.05, 4.69) is 35.9 Å². The quantitative estimate of drug-likeness (QED) is 0.893. The number of nitrogens with zero attached hydrogens (tertiary/aromatic N) is 2. The predicted octanol–water partition coefficient (Wildman–Crippen LogP) is 2.33. The fourth-order valence-corrected chi connectivity index (χ4v) is 2.95. The van der Waals surface area contributed by atoms with Crippen LogP contribution in [-0.4, -0.2) is 37.6 Å². The highest BCUT2D eigenvalue weighted by Crippen LogP contribution is 2.29. The Bertz CT molecular complexity index is 408. The van der Waals surface area contributed by atoms with E-state index in [0.29, 0.717) is 12.6 Å². The molecule has 18 heavy (non-hydrogen) atoms. The summed E-state index contributed by atoms with van der Waals surface area (Å²) in [5, 5.41) is 0.814. The minimum atomic E-state index is 0.485. The third kappa shape index (κ3) is 2.97. The molecule has 1 aliphatic rings. The van der Waals surface area contributed by atoms with Crippen molar-refractivity contribution < 1.29 is 0 Å². The zero-order valence-electron chi connectivity index (χ0n) is 11.2. The second-order valence-corrected chi connectivity index (χ2v) is 5.56. The summed E-state index contributed by atoms with van der Waals surface area (Å²) in [6, 6.07) is 6.64. The lowest BCUT2D eigenvalue weighted by Gasteiger charge is -2.31. The number of hydrogen-bond donors (Lipinski definition) is 1. The van der Waals surface area contributed by atoms with Crippen molar-refractivity contribution in [2.45, 2.75) is 25.9 Å². The first-order chi connectivity index (χ1) is 8.61. The first-order valence-corrected chi connectivity index (χ1v) is 6.93. The monoisotopic (exact) mass is 267 g/mol. The van der Waals surface area contributed by atoms with Gasteiger partial charge in [-0.3, -0.25) is 0 Å². The van der Waals surface area contributed by atoms with Gasteiger partial charge in [0.2, 0.25) is 0 Å². The largest absolute Gasteiger partial charge is 0.366 e. The lowest BCUT2D eigenvalue weighted by Crippen LogP contribution is -2.38. The van der Waals surface area contributed by atoms with Gasteiger partial charge >= 0.3 is 0 Å². The van der Waals surface area contributed by atoms with Crippen molar-refractivity contribution in [2.24, 2.45) is 5.73 Å². The summed E-state index contributed by atoms with van der Waals surface area (Å²) in [4.78, 5) is 4.79. The van der Waals surface area contributed by atoms with Gasteiger partial charge in [-0.1, -0.05) is 17.7 Å². The van der Waals surface area contributed by atoms with Crippen LogP contribution in [0.2, 0.25) is 5.02 Å². The van der Waals surface area contributed by atoms with Gasteiger partial charge in [-0.2, -0.15) is 0 Å². The van der Waals surface area contributed by atoms with Crippen molar-refractivity contribution in [2.75, 3.05) is 31.6 Å². The van der Waals surface area contributed by atoms with Crippen molar-refractivity contribution >= 4 is 17.3 Å². The highest BCUT2D eigenvalue weighted by atomic mass is 35.5. The molecule has 1 heterocycles. The minimum absolute atomic E-state index is 0.485. The Morgan fingerprint density at radius 1 is 1.39 bits per heavy atom. The molecule has 1 aliphatic heterocycles. The summed E-state index contributed by atoms with van der Waals surface area (Å²) in [5.74, 6) is 0. The normalized spacial score (nSPS) is 22.0. The lowest BCUT2D eigenvalue weighted by atomic mass is 10.1. The average Bonchev–Trinajstić information content (AvgIpc) is 2.50. The Morgan fingerprint density at radius 2 is 2.17 bits per heavy atom. The first-order valence-electron chi connectivity index (χ1n) is 6.55. The van der Waals surface area contributed by atoms with Gasteiger partial charge in [0.1, 0.15) is 0 Å². The molecule has 0 bridgehead atoms. The molecule has 0 radical (unpaired) electrons. The summed E-state index contributed by atoms with van der Waals surface area (Å²) < 4.78 is 0. The van der Waals surface area contributed by atoms with Crippen LogP contribution in [-0.2, 0) is 6.54 Å². The molecule has 1 aromatic rings. The van der Waals surface area contributed by atoms with Crippen molar-refractivity contribution in [3.8, 4) is 0 Å². The molecule has 100 valence electrons. The van der Waals surface area contributed by atoms with E-state index in [1.54, 1.807) is 0 Å². The summed E-state index contributed by atoms with van der Waals surface area (Å²) in [5.41, 5.74) is 7.86. The van der Waals surface area contributed by atoms with Crippen molar-refractivity contribution in [3.05, 3.63) is 28.8 Å². The zero-order chi connectivity index (χ0) is 13.1. The van der Waals surface area contributed by atoms with Crippen LogP contribution in [0.3, 0.4) is 0 Å². The fraction of sp³-hybridized carbons (Fsp3) is 0.571. The van der Waals surface area contributed by atoms with E-state index in [0.717, 1.165) is 35.9 Å². The van der Waals surface area contributed by atoms with E-state index in [1.807, 2.05) is 6.07 Å². The van der Waals surface area contributed by atoms with E-state index in [-0.39, 0.29) is 0 Å². The lowest BCUT2D eigenvalue weighted by molar-refractivity contribution is 0.337. The second kappa shape index (κ2) is 5.91. The molecule has 1 fully saturated rings. The summed E-state index contributed by atoms with van der Waals surface area (Å²) in [6.45, 7) is 6.09. The van der Waals surface area contributed by atoms with Gasteiger partial charge in [-0.15, -0.1) is 0 Å². The number of anilines is 1. The molecule has 0 amide bonds. The molecule has 3 nitrogen and oxygen atoms in total. The molecular formula is C14H22ClN3. The average molecular weight is 268 g/mol.